The van der Waals surface area contributed by atoms with Crippen LogP contribution < -0.4 is 5.32 Å². The number of nitrogens with zero attached hydrogens (tertiary/aromatic N) is 2. The first-order chi connectivity index (χ1) is 10.9. The van der Waals surface area contributed by atoms with Gasteiger partial charge in [0.05, 0.1) is 18.3 Å². The number of amides is 1. The maximum absolute atomic E-state index is 12.5. The fourth-order valence-electron chi connectivity index (χ4n) is 2.67. The lowest BCUT2D eigenvalue weighted by Gasteiger charge is -2.39. The molecule has 1 aliphatic rings. The van der Waals surface area contributed by atoms with Crippen molar-refractivity contribution in [3.05, 3.63) is 27.1 Å². The molecule has 0 unspecified atom stereocenters. The summed E-state index contributed by atoms with van der Waals surface area (Å²) in [5.74, 6) is -0.00307. The van der Waals surface area contributed by atoms with Crippen LogP contribution in [0.5, 0.6) is 0 Å². The number of benzene rings is 1. The van der Waals surface area contributed by atoms with Crippen LogP contribution in [-0.2, 0) is 4.79 Å². The summed E-state index contributed by atoms with van der Waals surface area (Å²) in [6, 6.07) is 5.69. The third-order valence-electron chi connectivity index (χ3n) is 4.35. The highest BCUT2D eigenvalue weighted by Gasteiger charge is 2.27. The standard InChI is InChI=1S/C16H23Br2N3O2/c1-11(10-22)20-5-7-21(8-6-20)12(2)16(23)19-15-4-3-13(17)9-14(15)18/h3-4,9,11-12,22H,5-8,10H2,1-2H3,(H,19,23)/t11-,12-/m1/s1. The molecule has 0 aliphatic carbocycles. The van der Waals surface area contributed by atoms with Gasteiger partial charge in [0.2, 0.25) is 5.91 Å². The van der Waals surface area contributed by atoms with Crippen LogP contribution in [0.3, 0.4) is 0 Å². The second-order valence-electron chi connectivity index (χ2n) is 5.89. The summed E-state index contributed by atoms with van der Waals surface area (Å²) in [6.45, 7) is 7.56. The van der Waals surface area contributed by atoms with Crippen LogP contribution in [-0.4, -0.2) is 65.7 Å². The molecule has 7 heteroatoms. The van der Waals surface area contributed by atoms with E-state index in [-0.39, 0.29) is 24.6 Å². The zero-order chi connectivity index (χ0) is 17.0. The highest BCUT2D eigenvalue weighted by atomic mass is 79.9. The first-order valence-electron chi connectivity index (χ1n) is 7.77. The molecule has 0 aromatic heterocycles. The number of halogens is 2. The minimum atomic E-state index is -0.183. The largest absolute Gasteiger partial charge is 0.395 e. The van der Waals surface area contributed by atoms with Crippen molar-refractivity contribution in [3.8, 4) is 0 Å². The van der Waals surface area contributed by atoms with Gasteiger partial charge in [-0.05, 0) is 48.0 Å². The van der Waals surface area contributed by atoms with E-state index in [0.29, 0.717) is 0 Å². The third kappa shape index (κ3) is 5.00. The maximum atomic E-state index is 12.5. The summed E-state index contributed by atoms with van der Waals surface area (Å²) in [4.78, 5) is 16.9. The first-order valence-corrected chi connectivity index (χ1v) is 9.36. The quantitative estimate of drug-likeness (QED) is 0.726. The summed E-state index contributed by atoms with van der Waals surface area (Å²) in [5, 5.41) is 12.2. The van der Waals surface area contributed by atoms with E-state index in [1.165, 1.54) is 0 Å². The van der Waals surface area contributed by atoms with E-state index in [1.54, 1.807) is 0 Å². The summed E-state index contributed by atoms with van der Waals surface area (Å²) >= 11 is 6.87. The predicted molar refractivity (Wildman–Crippen MR) is 99.6 cm³/mol. The number of aliphatic hydroxyl groups excluding tert-OH is 1. The molecule has 1 heterocycles. The lowest BCUT2D eigenvalue weighted by molar-refractivity contribution is -0.121. The Morgan fingerprint density at radius 3 is 2.39 bits per heavy atom. The number of carbonyl (C=O) groups excluding carboxylic acids is 1. The van der Waals surface area contributed by atoms with Crippen molar-refractivity contribution >= 4 is 43.5 Å². The lowest BCUT2D eigenvalue weighted by Crippen LogP contribution is -2.55. The second-order valence-corrected chi connectivity index (χ2v) is 7.66. The van der Waals surface area contributed by atoms with Crippen molar-refractivity contribution in [2.24, 2.45) is 0 Å². The molecule has 2 atom stereocenters. The molecule has 0 spiro atoms. The molecule has 1 fully saturated rings. The summed E-state index contributed by atoms with van der Waals surface area (Å²) in [6.07, 6.45) is 0. The molecule has 0 radical (unpaired) electrons. The molecular weight excluding hydrogens is 426 g/mol. The van der Waals surface area contributed by atoms with Crippen LogP contribution in [0.15, 0.2) is 27.1 Å². The Kier molecular flexibility index (Phi) is 7.03. The van der Waals surface area contributed by atoms with Crippen LogP contribution in [0.4, 0.5) is 5.69 Å². The van der Waals surface area contributed by atoms with Crippen LogP contribution in [0.25, 0.3) is 0 Å². The van der Waals surface area contributed by atoms with Crippen molar-refractivity contribution in [2.45, 2.75) is 25.9 Å². The van der Waals surface area contributed by atoms with Crippen molar-refractivity contribution in [1.82, 2.24) is 9.80 Å². The lowest BCUT2D eigenvalue weighted by atomic mass is 10.2. The number of nitrogens with one attached hydrogen (secondary N) is 1. The Balaban J connectivity index is 1.90. The molecule has 5 nitrogen and oxygen atoms in total. The number of hydrogen-bond donors (Lipinski definition) is 2. The van der Waals surface area contributed by atoms with Gasteiger partial charge in [0.15, 0.2) is 0 Å². The van der Waals surface area contributed by atoms with Crippen LogP contribution in [0.2, 0.25) is 0 Å². The van der Waals surface area contributed by atoms with E-state index in [2.05, 4.69) is 47.0 Å². The van der Waals surface area contributed by atoms with E-state index in [1.807, 2.05) is 32.0 Å². The van der Waals surface area contributed by atoms with Crippen LogP contribution in [0, 0.1) is 0 Å². The average Bonchev–Trinajstić information content (AvgIpc) is 2.56. The number of aliphatic hydroxyl groups is 1. The van der Waals surface area contributed by atoms with Crippen molar-refractivity contribution in [3.63, 3.8) is 0 Å². The first kappa shape index (κ1) is 18.9. The summed E-state index contributed by atoms with van der Waals surface area (Å²) in [5.41, 5.74) is 0.776. The zero-order valence-corrected chi connectivity index (χ0v) is 16.6. The zero-order valence-electron chi connectivity index (χ0n) is 13.4. The van der Waals surface area contributed by atoms with E-state index < -0.39 is 0 Å². The number of anilines is 1. The molecule has 1 amide bonds. The molecule has 1 aromatic rings. The van der Waals surface area contributed by atoms with Crippen LogP contribution in [0.1, 0.15) is 13.8 Å². The molecule has 0 saturated carbocycles. The third-order valence-corrected chi connectivity index (χ3v) is 5.50. The Bertz CT molecular complexity index is 548. The van der Waals surface area contributed by atoms with Gasteiger partial charge in [0.25, 0.3) is 0 Å². The highest BCUT2D eigenvalue weighted by Crippen LogP contribution is 2.26. The monoisotopic (exact) mass is 447 g/mol. The predicted octanol–water partition coefficient (Wildman–Crippen LogP) is 2.54. The van der Waals surface area contributed by atoms with Gasteiger partial charge in [-0.3, -0.25) is 14.6 Å². The Hall–Kier alpha value is -0.470. The molecule has 1 aliphatic heterocycles. The van der Waals surface area contributed by atoms with Gasteiger partial charge in [0.1, 0.15) is 0 Å². The van der Waals surface area contributed by atoms with E-state index in [4.69, 9.17) is 0 Å². The molecular formula is C16H23Br2N3O2. The van der Waals surface area contributed by atoms with E-state index in [9.17, 15) is 9.90 Å². The Labute approximate surface area is 154 Å². The molecule has 2 rings (SSSR count). The SMILES string of the molecule is C[C@H](CO)N1CCN([C@H](C)C(=O)Nc2ccc(Br)cc2Br)CC1. The van der Waals surface area contributed by atoms with Gasteiger partial charge < -0.3 is 10.4 Å². The molecule has 1 saturated heterocycles. The van der Waals surface area contributed by atoms with Gasteiger partial charge in [0, 0.05) is 41.2 Å². The number of piperazine rings is 1. The Morgan fingerprint density at radius 2 is 1.83 bits per heavy atom. The highest BCUT2D eigenvalue weighted by molar-refractivity contribution is 9.11. The van der Waals surface area contributed by atoms with E-state index >= 15 is 0 Å². The molecule has 23 heavy (non-hydrogen) atoms. The minimum Gasteiger partial charge on any atom is -0.395 e. The van der Waals surface area contributed by atoms with Gasteiger partial charge in [-0.15, -0.1) is 0 Å². The van der Waals surface area contributed by atoms with Crippen molar-refractivity contribution < 1.29 is 9.90 Å². The smallest absolute Gasteiger partial charge is 0.241 e. The van der Waals surface area contributed by atoms with Crippen LogP contribution >= 0.6 is 31.9 Å². The Morgan fingerprint density at radius 1 is 1.22 bits per heavy atom. The van der Waals surface area contributed by atoms with Gasteiger partial charge >= 0.3 is 0 Å². The molecule has 1 aromatic carbocycles. The number of carbonyl (C=O) groups is 1. The van der Waals surface area contributed by atoms with E-state index in [0.717, 1.165) is 40.8 Å². The van der Waals surface area contributed by atoms with Crippen molar-refractivity contribution in [1.29, 1.82) is 0 Å². The topological polar surface area (TPSA) is 55.8 Å². The van der Waals surface area contributed by atoms with Gasteiger partial charge in [-0.25, -0.2) is 0 Å². The van der Waals surface area contributed by atoms with Gasteiger partial charge in [-0.2, -0.15) is 0 Å². The number of rotatable bonds is 5. The average molecular weight is 449 g/mol. The minimum absolute atomic E-state index is 0.00307. The molecule has 2 N–H and O–H groups in total. The normalized spacial score (nSPS) is 19.3. The van der Waals surface area contributed by atoms with Crippen molar-refractivity contribution in [2.75, 3.05) is 38.1 Å². The second kappa shape index (κ2) is 8.58. The fraction of sp³-hybridized carbons (Fsp3) is 0.562. The maximum Gasteiger partial charge on any atom is 0.241 e. The fourth-order valence-corrected chi connectivity index (χ4v) is 3.82. The van der Waals surface area contributed by atoms with Gasteiger partial charge in [-0.1, -0.05) is 15.9 Å². The number of hydrogen-bond acceptors (Lipinski definition) is 4. The summed E-state index contributed by atoms with van der Waals surface area (Å²) in [7, 11) is 0. The molecule has 128 valence electrons. The molecule has 0 bridgehead atoms. The summed E-state index contributed by atoms with van der Waals surface area (Å²) < 4.78 is 1.82.